The summed E-state index contributed by atoms with van der Waals surface area (Å²) in [6.45, 7) is 3.58. The highest BCUT2D eigenvalue weighted by atomic mass is 16.4. The molecule has 1 unspecified atom stereocenters. The minimum absolute atomic E-state index is 0.0177. The number of aliphatic carboxylic acids is 1. The summed E-state index contributed by atoms with van der Waals surface area (Å²) in [7, 11) is 0. The Morgan fingerprint density at radius 3 is 2.40 bits per heavy atom. The lowest BCUT2D eigenvalue weighted by molar-refractivity contribution is -0.144. The quantitative estimate of drug-likeness (QED) is 0.730. The van der Waals surface area contributed by atoms with E-state index in [0.717, 1.165) is 25.7 Å². The summed E-state index contributed by atoms with van der Waals surface area (Å²) in [5.41, 5.74) is 0. The number of hydrogen-bond donors (Lipinski definition) is 2. The van der Waals surface area contributed by atoms with Gasteiger partial charge in [-0.15, -0.1) is 0 Å². The van der Waals surface area contributed by atoms with Gasteiger partial charge in [-0.25, -0.2) is 0 Å². The molecular formula is C14H24N2O4. The van der Waals surface area contributed by atoms with Gasteiger partial charge in [-0.2, -0.15) is 0 Å². The summed E-state index contributed by atoms with van der Waals surface area (Å²) in [5, 5.41) is 11.6. The Morgan fingerprint density at radius 1 is 1.30 bits per heavy atom. The van der Waals surface area contributed by atoms with Gasteiger partial charge in [-0.1, -0.05) is 12.8 Å². The van der Waals surface area contributed by atoms with Gasteiger partial charge in [-0.05, 0) is 26.7 Å². The lowest BCUT2D eigenvalue weighted by Gasteiger charge is -2.22. The van der Waals surface area contributed by atoms with Gasteiger partial charge in [0.1, 0.15) is 6.54 Å². The fourth-order valence-electron chi connectivity index (χ4n) is 2.53. The zero-order valence-electron chi connectivity index (χ0n) is 12.2. The Kier molecular flexibility index (Phi) is 6.48. The van der Waals surface area contributed by atoms with Crippen LogP contribution in [0.4, 0.5) is 0 Å². The van der Waals surface area contributed by atoms with Crippen LogP contribution in [-0.2, 0) is 14.4 Å². The molecule has 1 aliphatic carbocycles. The summed E-state index contributed by atoms with van der Waals surface area (Å²) in [5.74, 6) is -1.17. The van der Waals surface area contributed by atoms with Gasteiger partial charge in [0.25, 0.3) is 0 Å². The van der Waals surface area contributed by atoms with Crippen molar-refractivity contribution in [1.29, 1.82) is 0 Å². The van der Waals surface area contributed by atoms with Crippen molar-refractivity contribution in [3.63, 3.8) is 0 Å². The van der Waals surface area contributed by atoms with E-state index in [4.69, 9.17) is 5.11 Å². The molecule has 20 heavy (non-hydrogen) atoms. The van der Waals surface area contributed by atoms with Crippen molar-refractivity contribution in [2.75, 3.05) is 13.1 Å². The van der Waals surface area contributed by atoms with Crippen molar-refractivity contribution in [3.8, 4) is 0 Å². The van der Waals surface area contributed by atoms with E-state index in [1.165, 1.54) is 4.90 Å². The molecule has 1 saturated carbocycles. The number of likely N-dealkylation sites (N-methyl/N-ethyl adjacent to an activating group) is 1. The summed E-state index contributed by atoms with van der Waals surface area (Å²) in [6.07, 6.45) is 4.17. The number of nitrogens with zero attached hydrogens (tertiary/aromatic N) is 1. The number of rotatable bonds is 7. The van der Waals surface area contributed by atoms with Crippen LogP contribution in [0.1, 0.15) is 46.0 Å². The first kappa shape index (κ1) is 16.5. The van der Waals surface area contributed by atoms with E-state index in [2.05, 4.69) is 5.32 Å². The van der Waals surface area contributed by atoms with Crippen molar-refractivity contribution in [3.05, 3.63) is 0 Å². The fourth-order valence-corrected chi connectivity index (χ4v) is 2.53. The smallest absolute Gasteiger partial charge is 0.323 e. The molecule has 0 aromatic heterocycles. The average Bonchev–Trinajstić information content (AvgIpc) is 2.89. The first-order valence-electron chi connectivity index (χ1n) is 7.24. The molecular weight excluding hydrogens is 260 g/mol. The zero-order valence-corrected chi connectivity index (χ0v) is 12.2. The number of carbonyl (C=O) groups excluding carboxylic acids is 2. The van der Waals surface area contributed by atoms with E-state index in [-0.39, 0.29) is 36.7 Å². The van der Waals surface area contributed by atoms with E-state index in [0.29, 0.717) is 6.54 Å². The Hall–Kier alpha value is -1.59. The second kappa shape index (κ2) is 7.87. The topological polar surface area (TPSA) is 86.7 Å². The third kappa shape index (κ3) is 5.19. The Morgan fingerprint density at radius 2 is 1.90 bits per heavy atom. The van der Waals surface area contributed by atoms with E-state index >= 15 is 0 Å². The fraction of sp³-hybridized carbons (Fsp3) is 0.786. The largest absolute Gasteiger partial charge is 0.480 e. The Bertz CT molecular complexity index is 364. The molecule has 0 saturated heterocycles. The molecule has 1 fully saturated rings. The summed E-state index contributed by atoms with van der Waals surface area (Å²) in [4.78, 5) is 35.8. The van der Waals surface area contributed by atoms with Crippen molar-refractivity contribution in [1.82, 2.24) is 10.2 Å². The molecule has 0 aromatic rings. The summed E-state index contributed by atoms with van der Waals surface area (Å²) in [6, 6.07) is -0.265. The second-order valence-electron chi connectivity index (χ2n) is 5.40. The van der Waals surface area contributed by atoms with E-state index in [1.54, 1.807) is 13.8 Å². The maximum atomic E-state index is 11.9. The predicted molar refractivity (Wildman–Crippen MR) is 74.1 cm³/mol. The number of carboxylic acid groups (broad SMARTS) is 1. The standard InChI is InChI=1S/C14H24N2O4/c1-3-16(9-13(18)19)12(17)8-10(2)15-14(20)11-6-4-5-7-11/h10-11H,3-9H2,1-2H3,(H,15,20)(H,18,19). The maximum Gasteiger partial charge on any atom is 0.323 e. The summed E-state index contributed by atoms with van der Waals surface area (Å²) < 4.78 is 0. The van der Waals surface area contributed by atoms with Crippen molar-refractivity contribution in [2.45, 2.75) is 52.0 Å². The molecule has 1 aliphatic rings. The number of nitrogens with one attached hydrogen (secondary N) is 1. The molecule has 0 heterocycles. The van der Waals surface area contributed by atoms with Crippen LogP contribution in [0, 0.1) is 5.92 Å². The lowest BCUT2D eigenvalue weighted by Crippen LogP contribution is -2.42. The Labute approximate surface area is 119 Å². The zero-order chi connectivity index (χ0) is 15.1. The molecule has 1 atom stereocenters. The minimum atomic E-state index is -1.03. The van der Waals surface area contributed by atoms with E-state index in [9.17, 15) is 14.4 Å². The van der Waals surface area contributed by atoms with Crippen molar-refractivity contribution >= 4 is 17.8 Å². The second-order valence-corrected chi connectivity index (χ2v) is 5.40. The highest BCUT2D eigenvalue weighted by molar-refractivity contribution is 5.83. The minimum Gasteiger partial charge on any atom is -0.480 e. The molecule has 2 N–H and O–H groups in total. The van der Waals surface area contributed by atoms with Crippen LogP contribution in [0.5, 0.6) is 0 Å². The number of carboxylic acids is 1. The molecule has 0 aromatic carbocycles. The number of carbonyl (C=O) groups is 3. The third-order valence-corrected chi connectivity index (χ3v) is 3.66. The highest BCUT2D eigenvalue weighted by Crippen LogP contribution is 2.24. The van der Waals surface area contributed by atoms with Gasteiger partial charge in [0, 0.05) is 24.9 Å². The van der Waals surface area contributed by atoms with Gasteiger partial charge in [0.2, 0.25) is 11.8 Å². The molecule has 1 rings (SSSR count). The van der Waals surface area contributed by atoms with Gasteiger partial charge < -0.3 is 15.3 Å². The van der Waals surface area contributed by atoms with Gasteiger partial charge in [0.05, 0.1) is 0 Å². The van der Waals surface area contributed by atoms with Crippen LogP contribution in [0.15, 0.2) is 0 Å². The molecule has 0 bridgehead atoms. The third-order valence-electron chi connectivity index (χ3n) is 3.66. The molecule has 114 valence electrons. The summed E-state index contributed by atoms with van der Waals surface area (Å²) >= 11 is 0. The predicted octanol–water partition coefficient (Wildman–Crippen LogP) is 1.00. The van der Waals surface area contributed by atoms with Crippen LogP contribution < -0.4 is 5.32 Å². The molecule has 6 nitrogen and oxygen atoms in total. The first-order chi connectivity index (χ1) is 9.43. The first-order valence-corrected chi connectivity index (χ1v) is 7.24. The Balaban J connectivity index is 2.39. The molecule has 0 radical (unpaired) electrons. The normalized spacial score (nSPS) is 16.7. The SMILES string of the molecule is CCN(CC(=O)O)C(=O)CC(C)NC(=O)C1CCCC1. The van der Waals surface area contributed by atoms with Gasteiger partial charge in [0.15, 0.2) is 0 Å². The van der Waals surface area contributed by atoms with Crippen molar-refractivity contribution < 1.29 is 19.5 Å². The maximum absolute atomic E-state index is 11.9. The number of amides is 2. The highest BCUT2D eigenvalue weighted by Gasteiger charge is 2.25. The van der Waals surface area contributed by atoms with Crippen LogP contribution in [0.25, 0.3) is 0 Å². The number of hydrogen-bond acceptors (Lipinski definition) is 3. The molecule has 0 spiro atoms. The van der Waals surface area contributed by atoms with Crippen LogP contribution >= 0.6 is 0 Å². The average molecular weight is 284 g/mol. The molecule has 0 aliphatic heterocycles. The van der Waals surface area contributed by atoms with Crippen LogP contribution in [0.2, 0.25) is 0 Å². The van der Waals surface area contributed by atoms with Crippen LogP contribution in [-0.4, -0.2) is 46.9 Å². The van der Waals surface area contributed by atoms with Gasteiger partial charge >= 0.3 is 5.97 Å². The van der Waals surface area contributed by atoms with Gasteiger partial charge in [-0.3, -0.25) is 14.4 Å². The van der Waals surface area contributed by atoms with E-state index < -0.39 is 5.97 Å². The lowest BCUT2D eigenvalue weighted by atomic mass is 10.1. The molecule has 2 amide bonds. The molecule has 6 heteroatoms. The monoisotopic (exact) mass is 284 g/mol. The van der Waals surface area contributed by atoms with Crippen molar-refractivity contribution in [2.24, 2.45) is 5.92 Å². The van der Waals surface area contributed by atoms with Crippen LogP contribution in [0.3, 0.4) is 0 Å². The van der Waals surface area contributed by atoms with E-state index in [1.807, 2.05) is 0 Å².